The summed E-state index contributed by atoms with van der Waals surface area (Å²) in [6, 6.07) is 0. The summed E-state index contributed by atoms with van der Waals surface area (Å²) in [4.78, 5) is 24.0. The normalized spacial score (nSPS) is 9.64. The summed E-state index contributed by atoms with van der Waals surface area (Å²) in [5, 5.41) is 2.60. The van der Waals surface area contributed by atoms with E-state index in [0.717, 1.165) is 13.1 Å². The van der Waals surface area contributed by atoms with Gasteiger partial charge in [-0.25, -0.2) is 0 Å². The van der Waals surface area contributed by atoms with Gasteiger partial charge in [0.05, 0.1) is 5.75 Å². The molecule has 0 saturated heterocycles. The van der Waals surface area contributed by atoms with Crippen LogP contribution < -0.4 is 5.32 Å². The van der Waals surface area contributed by atoms with E-state index < -0.39 is 0 Å². The lowest BCUT2D eigenvalue weighted by molar-refractivity contribution is -0.130. The van der Waals surface area contributed by atoms with Crippen LogP contribution in [0.15, 0.2) is 0 Å². The third kappa shape index (κ3) is 5.11. The summed E-state index contributed by atoms with van der Waals surface area (Å²) in [5.74, 6) is 0.106. The largest absolute Gasteiger partial charge is 0.355 e. The van der Waals surface area contributed by atoms with Crippen molar-refractivity contribution in [2.45, 2.75) is 20.3 Å². The SMILES string of the molecule is CCN(CC)C(=O)CCNC(=O)CS. The second-order valence-corrected chi connectivity index (χ2v) is 3.14. The highest BCUT2D eigenvalue weighted by Gasteiger charge is 2.08. The fourth-order valence-electron chi connectivity index (χ4n) is 1.10. The zero-order chi connectivity index (χ0) is 11.0. The molecule has 2 amide bonds. The zero-order valence-electron chi connectivity index (χ0n) is 8.75. The number of carbonyl (C=O) groups is 2. The van der Waals surface area contributed by atoms with E-state index in [2.05, 4.69) is 17.9 Å². The molecule has 4 nitrogen and oxygen atoms in total. The maximum absolute atomic E-state index is 11.4. The molecule has 0 aliphatic rings. The van der Waals surface area contributed by atoms with E-state index in [1.165, 1.54) is 0 Å². The van der Waals surface area contributed by atoms with E-state index >= 15 is 0 Å². The number of carbonyl (C=O) groups excluding carboxylic acids is 2. The summed E-state index contributed by atoms with van der Waals surface area (Å²) in [7, 11) is 0. The van der Waals surface area contributed by atoms with Crippen molar-refractivity contribution in [2.75, 3.05) is 25.4 Å². The van der Waals surface area contributed by atoms with Crippen LogP contribution in [0.25, 0.3) is 0 Å². The molecule has 5 heteroatoms. The van der Waals surface area contributed by atoms with Gasteiger partial charge in [-0.05, 0) is 13.8 Å². The summed E-state index contributed by atoms with van der Waals surface area (Å²) >= 11 is 3.81. The first kappa shape index (κ1) is 13.3. The molecule has 0 aromatic rings. The monoisotopic (exact) mass is 218 g/mol. The van der Waals surface area contributed by atoms with Crippen LogP contribution in [-0.4, -0.2) is 42.1 Å². The molecule has 1 N–H and O–H groups in total. The molecular formula is C9H18N2O2S. The van der Waals surface area contributed by atoms with E-state index in [-0.39, 0.29) is 17.6 Å². The van der Waals surface area contributed by atoms with Crippen molar-refractivity contribution < 1.29 is 9.59 Å². The summed E-state index contributed by atoms with van der Waals surface area (Å²) in [6.45, 7) is 5.71. The second kappa shape index (κ2) is 7.67. The van der Waals surface area contributed by atoms with Crippen molar-refractivity contribution in [3.8, 4) is 0 Å². The first-order chi connectivity index (χ1) is 6.65. The fraction of sp³-hybridized carbons (Fsp3) is 0.778. The molecule has 0 atom stereocenters. The molecule has 0 spiro atoms. The molecule has 0 aromatic carbocycles. The quantitative estimate of drug-likeness (QED) is 0.630. The Hall–Kier alpha value is -0.710. The number of hydrogen-bond donors (Lipinski definition) is 2. The molecule has 0 rings (SSSR count). The highest BCUT2D eigenvalue weighted by molar-refractivity contribution is 7.81. The molecule has 0 aromatic heterocycles. The lowest BCUT2D eigenvalue weighted by atomic mass is 10.3. The van der Waals surface area contributed by atoms with Crippen molar-refractivity contribution in [2.24, 2.45) is 0 Å². The molecule has 0 fully saturated rings. The Morgan fingerprint density at radius 1 is 1.29 bits per heavy atom. The van der Waals surface area contributed by atoms with E-state index in [1.54, 1.807) is 4.90 Å². The van der Waals surface area contributed by atoms with Gasteiger partial charge >= 0.3 is 0 Å². The third-order valence-electron chi connectivity index (χ3n) is 1.92. The standard InChI is InChI=1S/C9H18N2O2S/c1-3-11(4-2)9(13)5-6-10-8(12)7-14/h14H,3-7H2,1-2H3,(H,10,12). The van der Waals surface area contributed by atoms with Gasteiger partial charge < -0.3 is 10.2 Å². The third-order valence-corrected chi connectivity index (χ3v) is 2.21. The maximum atomic E-state index is 11.4. The minimum atomic E-state index is -0.138. The molecule has 0 aliphatic heterocycles. The second-order valence-electron chi connectivity index (χ2n) is 2.82. The van der Waals surface area contributed by atoms with Crippen molar-refractivity contribution in [1.82, 2.24) is 10.2 Å². The van der Waals surface area contributed by atoms with Crippen LogP contribution in [0, 0.1) is 0 Å². The summed E-state index contributed by atoms with van der Waals surface area (Å²) in [6.07, 6.45) is 0.362. The Balaban J connectivity index is 3.67. The van der Waals surface area contributed by atoms with Crippen molar-refractivity contribution in [3.63, 3.8) is 0 Å². The topological polar surface area (TPSA) is 49.4 Å². The lowest BCUT2D eigenvalue weighted by Crippen LogP contribution is -2.34. The number of hydrogen-bond acceptors (Lipinski definition) is 3. The number of nitrogens with zero attached hydrogens (tertiary/aromatic N) is 1. The van der Waals surface area contributed by atoms with E-state index in [4.69, 9.17) is 0 Å². The molecule has 0 unspecified atom stereocenters. The van der Waals surface area contributed by atoms with Gasteiger partial charge in [-0.2, -0.15) is 12.6 Å². The molecular weight excluding hydrogens is 200 g/mol. The molecule has 0 heterocycles. The van der Waals surface area contributed by atoms with Crippen LogP contribution in [0.1, 0.15) is 20.3 Å². The maximum Gasteiger partial charge on any atom is 0.229 e. The van der Waals surface area contributed by atoms with Gasteiger partial charge in [0.25, 0.3) is 0 Å². The fourth-order valence-corrected chi connectivity index (χ4v) is 1.21. The molecule has 0 aliphatic carbocycles. The summed E-state index contributed by atoms with van der Waals surface area (Å²) < 4.78 is 0. The molecule has 0 bridgehead atoms. The van der Waals surface area contributed by atoms with Crippen LogP contribution in [0.2, 0.25) is 0 Å². The van der Waals surface area contributed by atoms with Gasteiger partial charge in [0, 0.05) is 26.1 Å². The first-order valence-electron chi connectivity index (χ1n) is 4.81. The number of thiol groups is 1. The van der Waals surface area contributed by atoms with Crippen LogP contribution in [0.5, 0.6) is 0 Å². The van der Waals surface area contributed by atoms with Crippen molar-refractivity contribution >= 4 is 24.4 Å². The smallest absolute Gasteiger partial charge is 0.229 e. The van der Waals surface area contributed by atoms with Gasteiger partial charge in [0.2, 0.25) is 11.8 Å². The van der Waals surface area contributed by atoms with Crippen LogP contribution in [-0.2, 0) is 9.59 Å². The highest BCUT2D eigenvalue weighted by atomic mass is 32.1. The average molecular weight is 218 g/mol. The number of nitrogens with one attached hydrogen (secondary N) is 1. The van der Waals surface area contributed by atoms with Gasteiger partial charge in [-0.3, -0.25) is 9.59 Å². The Morgan fingerprint density at radius 3 is 2.29 bits per heavy atom. The summed E-state index contributed by atoms with van der Waals surface area (Å²) in [5.41, 5.74) is 0. The minimum absolute atomic E-state index is 0.0782. The van der Waals surface area contributed by atoms with E-state index in [9.17, 15) is 9.59 Å². The Labute approximate surface area is 90.4 Å². The highest BCUT2D eigenvalue weighted by Crippen LogP contribution is 1.92. The van der Waals surface area contributed by atoms with Crippen molar-refractivity contribution in [3.05, 3.63) is 0 Å². The first-order valence-corrected chi connectivity index (χ1v) is 5.44. The van der Waals surface area contributed by atoms with E-state index in [0.29, 0.717) is 13.0 Å². The molecule has 0 radical (unpaired) electrons. The molecule has 0 saturated carbocycles. The van der Waals surface area contributed by atoms with Crippen molar-refractivity contribution in [1.29, 1.82) is 0 Å². The predicted octanol–water partition coefficient (Wildman–Crippen LogP) is 0.291. The number of amides is 2. The Morgan fingerprint density at radius 2 is 1.86 bits per heavy atom. The van der Waals surface area contributed by atoms with Crippen LogP contribution >= 0.6 is 12.6 Å². The van der Waals surface area contributed by atoms with Gasteiger partial charge in [-0.15, -0.1) is 0 Å². The van der Waals surface area contributed by atoms with Gasteiger partial charge in [-0.1, -0.05) is 0 Å². The lowest BCUT2D eigenvalue weighted by Gasteiger charge is -2.18. The molecule has 82 valence electrons. The Kier molecular flexibility index (Phi) is 7.28. The predicted molar refractivity (Wildman–Crippen MR) is 59.4 cm³/mol. The average Bonchev–Trinajstić information content (AvgIpc) is 2.19. The molecule has 14 heavy (non-hydrogen) atoms. The van der Waals surface area contributed by atoms with Gasteiger partial charge in [0.1, 0.15) is 0 Å². The zero-order valence-corrected chi connectivity index (χ0v) is 9.64. The van der Waals surface area contributed by atoms with E-state index in [1.807, 2.05) is 13.8 Å². The minimum Gasteiger partial charge on any atom is -0.355 e. The number of rotatable bonds is 6. The van der Waals surface area contributed by atoms with Crippen LogP contribution in [0.4, 0.5) is 0 Å². The Bertz CT molecular complexity index is 193. The van der Waals surface area contributed by atoms with Crippen LogP contribution in [0.3, 0.4) is 0 Å². The van der Waals surface area contributed by atoms with Gasteiger partial charge in [0.15, 0.2) is 0 Å².